The molecule has 0 spiro atoms. The lowest BCUT2D eigenvalue weighted by Gasteiger charge is -2.13. The molecule has 0 fully saturated rings. The number of benzene rings is 2. The fraction of sp³-hybridized carbons (Fsp3) is 0.150. The van der Waals surface area contributed by atoms with E-state index in [4.69, 9.17) is 0 Å². The van der Waals surface area contributed by atoms with Crippen LogP contribution in [0.4, 0.5) is 11.4 Å². The zero-order valence-electron chi connectivity index (χ0n) is 15.0. The first-order valence-corrected chi connectivity index (χ1v) is 9.13. The molecule has 138 valence electrons. The van der Waals surface area contributed by atoms with Crippen LogP contribution in [0.5, 0.6) is 0 Å². The Hall–Kier alpha value is -2.93. The molecular weight excluding hydrogens is 408 g/mol. The summed E-state index contributed by atoms with van der Waals surface area (Å²) in [5.74, 6) is -0.310. The minimum atomic E-state index is -0.325. The van der Waals surface area contributed by atoms with E-state index in [1.807, 2.05) is 67.5 Å². The van der Waals surface area contributed by atoms with E-state index in [0.717, 1.165) is 15.7 Å². The first-order chi connectivity index (χ1) is 12.9. The van der Waals surface area contributed by atoms with Gasteiger partial charge in [0.1, 0.15) is 6.54 Å². The Morgan fingerprint density at radius 3 is 2.33 bits per heavy atom. The number of halogens is 1. The van der Waals surface area contributed by atoms with Crippen molar-refractivity contribution in [1.29, 1.82) is 0 Å². The van der Waals surface area contributed by atoms with Gasteiger partial charge in [-0.1, -0.05) is 28.1 Å². The fourth-order valence-electron chi connectivity index (χ4n) is 2.52. The summed E-state index contributed by atoms with van der Waals surface area (Å²) >= 11 is 3.39. The summed E-state index contributed by atoms with van der Waals surface area (Å²) in [6.45, 7) is -0.154. The molecule has 0 aliphatic rings. The standard InChI is InChI=1S/C20H19BrN4O2/c1-24(2)17-9-7-16(8-10-17)22-19(26)13-25-20(27)12-11-18(23-25)14-3-5-15(21)6-4-14/h3-12H,13H2,1-2H3,(H,22,26). The highest BCUT2D eigenvalue weighted by Crippen LogP contribution is 2.19. The molecule has 0 aliphatic heterocycles. The number of rotatable bonds is 5. The number of carbonyl (C=O) groups excluding carboxylic acids is 1. The van der Waals surface area contributed by atoms with Gasteiger partial charge >= 0.3 is 0 Å². The lowest BCUT2D eigenvalue weighted by molar-refractivity contribution is -0.117. The summed E-state index contributed by atoms with van der Waals surface area (Å²) in [6, 6.07) is 18.1. The van der Waals surface area contributed by atoms with Crippen LogP contribution in [-0.2, 0) is 11.3 Å². The van der Waals surface area contributed by atoms with Crippen LogP contribution in [0.25, 0.3) is 11.3 Å². The van der Waals surface area contributed by atoms with Gasteiger partial charge in [-0.2, -0.15) is 5.10 Å². The molecule has 0 saturated heterocycles. The summed E-state index contributed by atoms with van der Waals surface area (Å²) in [5, 5.41) is 7.10. The second kappa shape index (κ2) is 8.18. The molecule has 2 aromatic carbocycles. The second-order valence-electron chi connectivity index (χ2n) is 6.21. The smallest absolute Gasteiger partial charge is 0.267 e. The number of aromatic nitrogens is 2. The van der Waals surface area contributed by atoms with E-state index in [2.05, 4.69) is 26.3 Å². The van der Waals surface area contributed by atoms with E-state index in [0.29, 0.717) is 11.4 Å². The van der Waals surface area contributed by atoms with Crippen molar-refractivity contribution in [3.8, 4) is 11.3 Å². The number of nitrogens with zero attached hydrogens (tertiary/aromatic N) is 3. The fourth-order valence-corrected chi connectivity index (χ4v) is 2.78. The van der Waals surface area contributed by atoms with Gasteiger partial charge in [0, 0.05) is 41.6 Å². The summed E-state index contributed by atoms with van der Waals surface area (Å²) in [7, 11) is 3.90. The summed E-state index contributed by atoms with van der Waals surface area (Å²) in [5.41, 5.74) is 2.88. The van der Waals surface area contributed by atoms with Gasteiger partial charge in [-0.15, -0.1) is 0 Å². The van der Waals surface area contributed by atoms with E-state index < -0.39 is 0 Å². The first-order valence-electron chi connectivity index (χ1n) is 8.34. The maximum absolute atomic E-state index is 12.3. The molecule has 3 rings (SSSR count). The lowest BCUT2D eigenvalue weighted by Crippen LogP contribution is -2.29. The van der Waals surface area contributed by atoms with Crippen LogP contribution in [0, 0.1) is 0 Å². The van der Waals surface area contributed by atoms with Gasteiger partial charge in [0.05, 0.1) is 5.69 Å². The largest absolute Gasteiger partial charge is 0.378 e. The van der Waals surface area contributed by atoms with Gasteiger partial charge in [0.15, 0.2) is 0 Å². The van der Waals surface area contributed by atoms with Crippen LogP contribution in [0.3, 0.4) is 0 Å². The molecule has 3 aromatic rings. The molecule has 1 heterocycles. The van der Waals surface area contributed by atoms with Gasteiger partial charge < -0.3 is 10.2 Å². The Morgan fingerprint density at radius 1 is 1.04 bits per heavy atom. The Bertz CT molecular complexity index is 996. The zero-order valence-corrected chi connectivity index (χ0v) is 16.6. The molecule has 0 saturated carbocycles. The van der Waals surface area contributed by atoms with Crippen LogP contribution in [0.15, 0.2) is 69.9 Å². The van der Waals surface area contributed by atoms with Crippen molar-refractivity contribution in [2.75, 3.05) is 24.3 Å². The number of hydrogen-bond acceptors (Lipinski definition) is 4. The first kappa shape index (κ1) is 18.8. The second-order valence-corrected chi connectivity index (χ2v) is 7.13. The van der Waals surface area contributed by atoms with Crippen molar-refractivity contribution in [3.05, 3.63) is 75.5 Å². The third-order valence-corrected chi connectivity index (χ3v) is 4.50. The predicted molar refractivity (Wildman–Crippen MR) is 111 cm³/mol. The summed E-state index contributed by atoms with van der Waals surface area (Å²) in [6.07, 6.45) is 0. The number of hydrogen-bond donors (Lipinski definition) is 1. The SMILES string of the molecule is CN(C)c1ccc(NC(=O)Cn2nc(-c3ccc(Br)cc3)ccc2=O)cc1. The van der Waals surface area contributed by atoms with E-state index in [1.165, 1.54) is 10.7 Å². The molecule has 1 amide bonds. The number of amides is 1. The molecule has 27 heavy (non-hydrogen) atoms. The molecule has 1 N–H and O–H groups in total. The monoisotopic (exact) mass is 426 g/mol. The minimum Gasteiger partial charge on any atom is -0.378 e. The quantitative estimate of drug-likeness (QED) is 0.678. The van der Waals surface area contributed by atoms with Crippen molar-refractivity contribution >= 4 is 33.2 Å². The van der Waals surface area contributed by atoms with E-state index in [-0.39, 0.29) is 18.0 Å². The van der Waals surface area contributed by atoms with Gasteiger partial charge in [-0.3, -0.25) is 9.59 Å². The molecule has 0 radical (unpaired) electrons. The molecule has 0 atom stereocenters. The lowest BCUT2D eigenvalue weighted by atomic mass is 10.1. The molecule has 6 nitrogen and oxygen atoms in total. The van der Waals surface area contributed by atoms with Crippen LogP contribution in [-0.4, -0.2) is 29.8 Å². The highest BCUT2D eigenvalue weighted by molar-refractivity contribution is 9.10. The van der Waals surface area contributed by atoms with Crippen molar-refractivity contribution in [2.45, 2.75) is 6.54 Å². The maximum atomic E-state index is 12.3. The summed E-state index contributed by atoms with van der Waals surface area (Å²) in [4.78, 5) is 26.4. The summed E-state index contributed by atoms with van der Waals surface area (Å²) < 4.78 is 2.13. The van der Waals surface area contributed by atoms with Gasteiger partial charge in [0.2, 0.25) is 5.91 Å². The molecule has 0 bridgehead atoms. The number of anilines is 2. The van der Waals surface area contributed by atoms with Crippen molar-refractivity contribution in [1.82, 2.24) is 9.78 Å². The number of carbonyl (C=O) groups is 1. The van der Waals surface area contributed by atoms with Crippen molar-refractivity contribution in [3.63, 3.8) is 0 Å². The van der Waals surface area contributed by atoms with Gasteiger partial charge in [-0.25, -0.2) is 4.68 Å². The highest BCUT2D eigenvalue weighted by Gasteiger charge is 2.09. The Kier molecular flexibility index (Phi) is 5.71. The zero-order chi connectivity index (χ0) is 19.4. The van der Waals surface area contributed by atoms with E-state index >= 15 is 0 Å². The topological polar surface area (TPSA) is 67.2 Å². The van der Waals surface area contributed by atoms with Crippen LogP contribution >= 0.6 is 15.9 Å². The molecule has 0 aliphatic carbocycles. The maximum Gasteiger partial charge on any atom is 0.267 e. The molecule has 7 heteroatoms. The minimum absolute atomic E-state index is 0.154. The molecular formula is C20H19BrN4O2. The van der Waals surface area contributed by atoms with Crippen molar-refractivity contribution in [2.24, 2.45) is 0 Å². The third-order valence-electron chi connectivity index (χ3n) is 3.97. The van der Waals surface area contributed by atoms with Crippen molar-refractivity contribution < 1.29 is 4.79 Å². The Labute approximate surface area is 165 Å². The number of nitrogens with one attached hydrogen (secondary N) is 1. The van der Waals surface area contributed by atoms with E-state index in [1.54, 1.807) is 6.07 Å². The molecule has 1 aromatic heterocycles. The normalized spacial score (nSPS) is 10.5. The Balaban J connectivity index is 1.74. The van der Waals surface area contributed by atoms with Crippen LogP contribution in [0.2, 0.25) is 0 Å². The Morgan fingerprint density at radius 2 is 1.70 bits per heavy atom. The van der Waals surface area contributed by atoms with E-state index in [9.17, 15) is 9.59 Å². The van der Waals surface area contributed by atoms with Crippen LogP contribution < -0.4 is 15.8 Å². The molecule has 0 unspecified atom stereocenters. The average Bonchev–Trinajstić information content (AvgIpc) is 2.64. The van der Waals surface area contributed by atoms with Gasteiger partial charge in [0.25, 0.3) is 5.56 Å². The van der Waals surface area contributed by atoms with Crippen LogP contribution in [0.1, 0.15) is 0 Å². The average molecular weight is 427 g/mol. The highest BCUT2D eigenvalue weighted by atomic mass is 79.9. The predicted octanol–water partition coefficient (Wildman–Crippen LogP) is 3.38. The van der Waals surface area contributed by atoms with Gasteiger partial charge in [-0.05, 0) is 42.5 Å². The third kappa shape index (κ3) is 4.83.